The molecule has 0 aliphatic carbocycles. The number of aldehydes is 1. The van der Waals surface area contributed by atoms with Gasteiger partial charge in [0, 0.05) is 12.4 Å². The highest BCUT2D eigenvalue weighted by Crippen LogP contribution is 2.21. The fourth-order valence-electron chi connectivity index (χ4n) is 1.38. The van der Waals surface area contributed by atoms with Crippen molar-refractivity contribution in [3.05, 3.63) is 35.3 Å². The predicted molar refractivity (Wildman–Crippen MR) is 63.1 cm³/mol. The van der Waals surface area contributed by atoms with Gasteiger partial charge < -0.3 is 10.3 Å². The highest BCUT2D eigenvalue weighted by Gasteiger charge is 2.13. The molecule has 0 saturated carbocycles. The molecule has 0 aromatic carbocycles. The number of aromatic nitrogens is 4. The van der Waals surface area contributed by atoms with Crippen LogP contribution in [0.1, 0.15) is 29.1 Å². The van der Waals surface area contributed by atoms with Gasteiger partial charge in [-0.1, -0.05) is 11.6 Å². The van der Waals surface area contributed by atoms with E-state index >= 15 is 0 Å². The Hall–Kier alpha value is -1.95. The Bertz CT molecular complexity index is 513. The fourth-order valence-corrected chi connectivity index (χ4v) is 1.56. The van der Waals surface area contributed by atoms with Crippen LogP contribution in [0.3, 0.4) is 0 Å². The van der Waals surface area contributed by atoms with Crippen LogP contribution in [-0.4, -0.2) is 26.2 Å². The van der Waals surface area contributed by atoms with Crippen LogP contribution in [0.4, 0.5) is 5.82 Å². The molecular weight excluding hydrogens is 242 g/mol. The Morgan fingerprint density at radius 1 is 1.47 bits per heavy atom. The lowest BCUT2D eigenvalue weighted by molar-refractivity contribution is 0.112. The SMILES string of the molecule is CC(Nc1ncnc(Cl)c1C=O)c1ncc[nH]1. The quantitative estimate of drug-likeness (QED) is 0.640. The van der Waals surface area contributed by atoms with Crippen molar-refractivity contribution in [1.82, 2.24) is 19.9 Å². The monoisotopic (exact) mass is 251 g/mol. The lowest BCUT2D eigenvalue weighted by atomic mass is 10.3. The molecule has 6 nitrogen and oxygen atoms in total. The molecule has 0 bridgehead atoms. The summed E-state index contributed by atoms with van der Waals surface area (Å²) in [5, 5.41) is 3.17. The number of imidazole rings is 1. The zero-order chi connectivity index (χ0) is 12.3. The number of rotatable bonds is 4. The maximum Gasteiger partial charge on any atom is 0.156 e. The minimum absolute atomic E-state index is 0.116. The van der Waals surface area contributed by atoms with Crippen LogP contribution in [0, 0.1) is 0 Å². The molecule has 1 atom stereocenters. The number of nitrogens with zero attached hydrogens (tertiary/aromatic N) is 3. The number of hydrogen-bond acceptors (Lipinski definition) is 5. The first kappa shape index (κ1) is 11.5. The Morgan fingerprint density at radius 3 is 2.94 bits per heavy atom. The van der Waals surface area contributed by atoms with Gasteiger partial charge in [-0.15, -0.1) is 0 Å². The van der Waals surface area contributed by atoms with E-state index in [-0.39, 0.29) is 16.8 Å². The third-order valence-corrected chi connectivity index (χ3v) is 2.54. The van der Waals surface area contributed by atoms with Gasteiger partial charge in [-0.25, -0.2) is 15.0 Å². The normalized spacial score (nSPS) is 12.1. The summed E-state index contributed by atoms with van der Waals surface area (Å²) in [6.45, 7) is 1.89. The largest absolute Gasteiger partial charge is 0.360 e. The van der Waals surface area contributed by atoms with E-state index in [1.165, 1.54) is 6.33 Å². The summed E-state index contributed by atoms with van der Waals surface area (Å²) in [6, 6.07) is -0.116. The third kappa shape index (κ3) is 2.42. The Labute approximate surface area is 102 Å². The second-order valence-electron chi connectivity index (χ2n) is 3.39. The molecule has 0 amide bonds. The smallest absolute Gasteiger partial charge is 0.156 e. The van der Waals surface area contributed by atoms with Gasteiger partial charge in [0.1, 0.15) is 23.1 Å². The topological polar surface area (TPSA) is 83.6 Å². The number of halogens is 1. The highest BCUT2D eigenvalue weighted by atomic mass is 35.5. The zero-order valence-corrected chi connectivity index (χ0v) is 9.77. The second-order valence-corrected chi connectivity index (χ2v) is 3.74. The van der Waals surface area contributed by atoms with E-state index in [1.807, 2.05) is 6.92 Å². The summed E-state index contributed by atoms with van der Waals surface area (Å²) >= 11 is 5.79. The molecule has 0 radical (unpaired) electrons. The summed E-state index contributed by atoms with van der Waals surface area (Å²) in [5.74, 6) is 1.14. The van der Waals surface area contributed by atoms with Crippen molar-refractivity contribution >= 4 is 23.7 Å². The van der Waals surface area contributed by atoms with Gasteiger partial charge in [-0.3, -0.25) is 4.79 Å². The van der Waals surface area contributed by atoms with E-state index in [0.717, 1.165) is 5.82 Å². The van der Waals surface area contributed by atoms with Crippen LogP contribution in [0.5, 0.6) is 0 Å². The van der Waals surface area contributed by atoms with Crippen LogP contribution < -0.4 is 5.32 Å². The molecule has 7 heteroatoms. The number of anilines is 1. The first-order valence-corrected chi connectivity index (χ1v) is 5.31. The van der Waals surface area contributed by atoms with Crippen LogP contribution in [0.15, 0.2) is 18.7 Å². The predicted octanol–water partition coefficient (Wildman–Crippen LogP) is 1.84. The van der Waals surface area contributed by atoms with Gasteiger partial charge in [0.05, 0.1) is 11.6 Å². The van der Waals surface area contributed by atoms with Crippen molar-refractivity contribution in [3.63, 3.8) is 0 Å². The van der Waals surface area contributed by atoms with Gasteiger partial charge in [0.25, 0.3) is 0 Å². The molecule has 17 heavy (non-hydrogen) atoms. The molecule has 2 aromatic heterocycles. The Balaban J connectivity index is 2.24. The van der Waals surface area contributed by atoms with E-state index in [9.17, 15) is 4.79 Å². The minimum atomic E-state index is -0.116. The zero-order valence-electron chi connectivity index (χ0n) is 9.01. The van der Waals surface area contributed by atoms with Crippen LogP contribution in [0.2, 0.25) is 5.15 Å². The highest BCUT2D eigenvalue weighted by molar-refractivity contribution is 6.32. The molecule has 0 aliphatic rings. The number of H-pyrrole nitrogens is 1. The summed E-state index contributed by atoms with van der Waals surface area (Å²) < 4.78 is 0. The van der Waals surface area contributed by atoms with E-state index in [4.69, 9.17) is 11.6 Å². The van der Waals surface area contributed by atoms with Crippen molar-refractivity contribution in [2.24, 2.45) is 0 Å². The van der Waals surface area contributed by atoms with Gasteiger partial charge in [0.15, 0.2) is 6.29 Å². The van der Waals surface area contributed by atoms with E-state index in [1.54, 1.807) is 12.4 Å². The molecule has 2 heterocycles. The fraction of sp³-hybridized carbons (Fsp3) is 0.200. The average Bonchev–Trinajstić information content (AvgIpc) is 2.82. The van der Waals surface area contributed by atoms with Crippen molar-refractivity contribution < 1.29 is 4.79 Å². The number of carbonyl (C=O) groups is 1. The van der Waals surface area contributed by atoms with Crippen LogP contribution in [-0.2, 0) is 0 Å². The van der Waals surface area contributed by atoms with Crippen molar-refractivity contribution in [3.8, 4) is 0 Å². The molecule has 0 spiro atoms. The van der Waals surface area contributed by atoms with Crippen molar-refractivity contribution in [1.29, 1.82) is 0 Å². The summed E-state index contributed by atoms with van der Waals surface area (Å²) in [4.78, 5) is 25.7. The van der Waals surface area contributed by atoms with Crippen LogP contribution >= 0.6 is 11.6 Å². The summed E-state index contributed by atoms with van der Waals surface area (Å²) in [5.41, 5.74) is 0.243. The first-order valence-electron chi connectivity index (χ1n) is 4.94. The Kier molecular flexibility index (Phi) is 3.34. The van der Waals surface area contributed by atoms with E-state index in [2.05, 4.69) is 25.3 Å². The molecule has 88 valence electrons. The molecule has 0 aliphatic heterocycles. The lowest BCUT2D eigenvalue weighted by Gasteiger charge is -2.13. The maximum atomic E-state index is 10.9. The Morgan fingerprint density at radius 2 is 2.29 bits per heavy atom. The molecular formula is C10H10ClN5O. The number of nitrogens with one attached hydrogen (secondary N) is 2. The molecule has 2 aromatic rings. The number of hydrogen-bond donors (Lipinski definition) is 2. The van der Waals surface area contributed by atoms with Crippen LogP contribution in [0.25, 0.3) is 0 Å². The number of aromatic amines is 1. The first-order chi connectivity index (χ1) is 8.22. The number of carbonyl (C=O) groups excluding carboxylic acids is 1. The second kappa shape index (κ2) is 4.92. The summed E-state index contributed by atoms with van der Waals surface area (Å²) in [6.07, 6.45) is 5.30. The minimum Gasteiger partial charge on any atom is -0.360 e. The maximum absolute atomic E-state index is 10.9. The molecule has 0 saturated heterocycles. The van der Waals surface area contributed by atoms with E-state index < -0.39 is 0 Å². The molecule has 0 fully saturated rings. The standard InChI is InChI=1S/C10H10ClN5O/c1-6(9-12-2-3-13-9)16-10-7(4-17)8(11)14-5-15-10/h2-6H,1H3,(H,12,13)(H,14,15,16). The molecule has 1 unspecified atom stereocenters. The molecule has 2 N–H and O–H groups in total. The third-order valence-electron chi connectivity index (χ3n) is 2.24. The van der Waals surface area contributed by atoms with E-state index in [0.29, 0.717) is 12.1 Å². The molecule has 2 rings (SSSR count). The van der Waals surface area contributed by atoms with Crippen molar-refractivity contribution in [2.45, 2.75) is 13.0 Å². The van der Waals surface area contributed by atoms with Gasteiger partial charge >= 0.3 is 0 Å². The van der Waals surface area contributed by atoms with Gasteiger partial charge in [-0.05, 0) is 6.92 Å². The van der Waals surface area contributed by atoms with Gasteiger partial charge in [-0.2, -0.15) is 0 Å². The lowest BCUT2D eigenvalue weighted by Crippen LogP contribution is -2.11. The van der Waals surface area contributed by atoms with Gasteiger partial charge in [0.2, 0.25) is 0 Å². The average molecular weight is 252 g/mol. The summed E-state index contributed by atoms with van der Waals surface area (Å²) in [7, 11) is 0. The van der Waals surface area contributed by atoms with Crippen molar-refractivity contribution in [2.75, 3.05) is 5.32 Å².